The number of aromatic nitrogens is 1. The summed E-state index contributed by atoms with van der Waals surface area (Å²) in [4.78, 5) is 4.08. The minimum Gasteiger partial charge on any atom is -0.449 e. The van der Waals surface area contributed by atoms with Crippen molar-refractivity contribution in [2.75, 3.05) is 0 Å². The summed E-state index contributed by atoms with van der Waals surface area (Å²) in [6.07, 6.45) is 7.64. The molecule has 0 spiro atoms. The Morgan fingerprint density at radius 2 is 2.18 bits per heavy atom. The molecule has 0 unspecified atom stereocenters. The van der Waals surface area contributed by atoms with Gasteiger partial charge in [0, 0.05) is 5.31 Å². The molecule has 1 aliphatic rings. The molecule has 1 aliphatic carbocycles. The van der Waals surface area contributed by atoms with Crippen LogP contribution < -0.4 is 0 Å². The number of oxazole rings is 1. The number of nitrogens with zero attached hydrogens (tertiary/aromatic N) is 1. The van der Waals surface area contributed by atoms with Crippen LogP contribution in [0.3, 0.4) is 0 Å². The molecular formula is C8H10BNO. The van der Waals surface area contributed by atoms with Gasteiger partial charge in [0.2, 0.25) is 0 Å². The molecule has 1 fully saturated rings. The topological polar surface area (TPSA) is 26.0 Å². The summed E-state index contributed by atoms with van der Waals surface area (Å²) in [7, 11) is 6.07. The average Bonchev–Trinajstić information content (AvgIpc) is 2.55. The molecule has 0 atom stereocenters. The van der Waals surface area contributed by atoms with Gasteiger partial charge in [-0.25, -0.2) is 4.98 Å². The Labute approximate surface area is 67.4 Å². The number of rotatable bonds is 1. The fourth-order valence-electron chi connectivity index (χ4n) is 1.69. The maximum Gasteiger partial charge on any atom is 0.191 e. The Morgan fingerprint density at radius 1 is 1.45 bits per heavy atom. The minimum absolute atomic E-state index is 0.260. The summed E-state index contributed by atoms with van der Waals surface area (Å²) in [5.74, 6) is 0.704. The van der Waals surface area contributed by atoms with Crippen molar-refractivity contribution < 1.29 is 4.42 Å². The van der Waals surface area contributed by atoms with Crippen molar-refractivity contribution in [3.05, 3.63) is 18.4 Å². The maximum absolute atomic E-state index is 6.07. The minimum atomic E-state index is -0.260. The Balaban J connectivity index is 2.27. The monoisotopic (exact) mass is 147 g/mol. The van der Waals surface area contributed by atoms with E-state index in [1.165, 1.54) is 12.8 Å². The van der Waals surface area contributed by atoms with Crippen LogP contribution in [0.25, 0.3) is 0 Å². The van der Waals surface area contributed by atoms with E-state index in [1.807, 2.05) is 0 Å². The van der Waals surface area contributed by atoms with E-state index in [0.717, 1.165) is 12.8 Å². The van der Waals surface area contributed by atoms with Gasteiger partial charge in [-0.1, -0.05) is 12.8 Å². The molecule has 56 valence electrons. The summed E-state index contributed by atoms with van der Waals surface area (Å²) in [5, 5.41) is -0.260. The average molecular weight is 147 g/mol. The molecule has 1 aromatic rings. The van der Waals surface area contributed by atoms with Gasteiger partial charge in [0.05, 0.1) is 14.0 Å². The van der Waals surface area contributed by atoms with Crippen molar-refractivity contribution in [3.8, 4) is 0 Å². The predicted molar refractivity (Wildman–Crippen MR) is 42.4 cm³/mol. The molecule has 0 saturated heterocycles. The zero-order chi connectivity index (χ0) is 7.73. The van der Waals surface area contributed by atoms with Crippen LogP contribution in [0.1, 0.15) is 31.6 Å². The van der Waals surface area contributed by atoms with Crippen molar-refractivity contribution in [3.63, 3.8) is 0 Å². The first-order valence-corrected chi connectivity index (χ1v) is 4.00. The number of hydrogen-bond acceptors (Lipinski definition) is 2. The van der Waals surface area contributed by atoms with Gasteiger partial charge in [-0.3, -0.25) is 0 Å². The second-order valence-corrected chi connectivity index (χ2v) is 3.20. The SMILES string of the molecule is [B]C1(c2ncco2)CCCC1. The van der Waals surface area contributed by atoms with E-state index in [2.05, 4.69) is 4.98 Å². The highest BCUT2D eigenvalue weighted by Crippen LogP contribution is 2.36. The van der Waals surface area contributed by atoms with Gasteiger partial charge in [0.25, 0.3) is 0 Å². The van der Waals surface area contributed by atoms with E-state index in [1.54, 1.807) is 12.5 Å². The predicted octanol–water partition coefficient (Wildman–Crippen LogP) is 1.61. The maximum atomic E-state index is 6.07. The fraction of sp³-hybridized carbons (Fsp3) is 0.625. The molecule has 0 bridgehead atoms. The standard InChI is InChI=1S/C8H10BNO/c9-8(3-1-2-4-8)7-10-5-6-11-7/h5-6H,1-4H2. The van der Waals surface area contributed by atoms with Crippen LogP contribution in [0.15, 0.2) is 16.9 Å². The summed E-state index contributed by atoms with van der Waals surface area (Å²) < 4.78 is 5.18. The lowest BCUT2D eigenvalue weighted by atomic mass is 9.67. The molecular weight excluding hydrogens is 137 g/mol. The zero-order valence-electron chi connectivity index (χ0n) is 6.42. The molecule has 0 amide bonds. The van der Waals surface area contributed by atoms with E-state index in [0.29, 0.717) is 5.89 Å². The molecule has 2 radical (unpaired) electrons. The van der Waals surface area contributed by atoms with Crippen molar-refractivity contribution >= 4 is 7.85 Å². The Bertz CT molecular complexity index is 226. The third-order valence-electron chi connectivity index (χ3n) is 2.35. The first-order valence-electron chi connectivity index (χ1n) is 4.00. The summed E-state index contributed by atoms with van der Waals surface area (Å²) in [5.41, 5.74) is 0. The first kappa shape index (κ1) is 6.95. The van der Waals surface area contributed by atoms with Crippen molar-refractivity contribution in [1.82, 2.24) is 4.98 Å². The van der Waals surface area contributed by atoms with Crippen LogP contribution in [0.2, 0.25) is 0 Å². The van der Waals surface area contributed by atoms with Crippen LogP contribution in [0, 0.1) is 0 Å². The van der Waals surface area contributed by atoms with Crippen LogP contribution in [-0.2, 0) is 5.31 Å². The van der Waals surface area contributed by atoms with E-state index in [-0.39, 0.29) is 5.31 Å². The lowest BCUT2D eigenvalue weighted by Gasteiger charge is -2.18. The number of hydrogen-bond donors (Lipinski definition) is 0. The Kier molecular flexibility index (Phi) is 1.52. The van der Waals surface area contributed by atoms with Gasteiger partial charge in [-0.2, -0.15) is 0 Å². The van der Waals surface area contributed by atoms with E-state index in [4.69, 9.17) is 12.3 Å². The first-order chi connectivity index (χ1) is 5.31. The molecule has 0 N–H and O–H groups in total. The van der Waals surface area contributed by atoms with Crippen molar-refractivity contribution in [2.45, 2.75) is 31.0 Å². The molecule has 3 heteroatoms. The normalized spacial score (nSPS) is 22.2. The van der Waals surface area contributed by atoms with Crippen LogP contribution in [0.4, 0.5) is 0 Å². The second-order valence-electron chi connectivity index (χ2n) is 3.20. The molecule has 0 aromatic carbocycles. The zero-order valence-corrected chi connectivity index (χ0v) is 6.42. The molecule has 11 heavy (non-hydrogen) atoms. The molecule has 1 saturated carbocycles. The van der Waals surface area contributed by atoms with E-state index in [9.17, 15) is 0 Å². The second kappa shape index (κ2) is 2.40. The van der Waals surface area contributed by atoms with Gasteiger partial charge in [-0.05, 0) is 12.8 Å². The Morgan fingerprint density at radius 3 is 2.73 bits per heavy atom. The summed E-state index contributed by atoms with van der Waals surface area (Å²) >= 11 is 0. The van der Waals surface area contributed by atoms with Crippen LogP contribution >= 0.6 is 0 Å². The van der Waals surface area contributed by atoms with Gasteiger partial charge < -0.3 is 4.42 Å². The quantitative estimate of drug-likeness (QED) is 0.564. The highest BCUT2D eigenvalue weighted by molar-refractivity contribution is 6.15. The third kappa shape index (κ3) is 1.08. The summed E-state index contributed by atoms with van der Waals surface area (Å²) in [6.45, 7) is 0. The molecule has 1 aromatic heterocycles. The summed E-state index contributed by atoms with van der Waals surface area (Å²) in [6, 6.07) is 0. The van der Waals surface area contributed by atoms with Crippen molar-refractivity contribution in [2.24, 2.45) is 0 Å². The van der Waals surface area contributed by atoms with Gasteiger partial charge in [-0.15, -0.1) is 0 Å². The Hall–Kier alpha value is -0.725. The lowest BCUT2D eigenvalue weighted by molar-refractivity contribution is 0.417. The largest absolute Gasteiger partial charge is 0.449 e. The van der Waals surface area contributed by atoms with E-state index < -0.39 is 0 Å². The highest BCUT2D eigenvalue weighted by Gasteiger charge is 2.33. The third-order valence-corrected chi connectivity index (χ3v) is 2.35. The van der Waals surface area contributed by atoms with Crippen LogP contribution in [-0.4, -0.2) is 12.8 Å². The lowest BCUT2D eigenvalue weighted by Crippen LogP contribution is -2.22. The highest BCUT2D eigenvalue weighted by atomic mass is 16.3. The smallest absolute Gasteiger partial charge is 0.191 e. The van der Waals surface area contributed by atoms with Gasteiger partial charge >= 0.3 is 0 Å². The van der Waals surface area contributed by atoms with E-state index >= 15 is 0 Å². The van der Waals surface area contributed by atoms with Crippen LogP contribution in [0.5, 0.6) is 0 Å². The molecule has 1 heterocycles. The van der Waals surface area contributed by atoms with Gasteiger partial charge in [0.15, 0.2) is 5.89 Å². The van der Waals surface area contributed by atoms with Gasteiger partial charge in [0.1, 0.15) is 6.26 Å². The fourth-order valence-corrected chi connectivity index (χ4v) is 1.69. The van der Waals surface area contributed by atoms with Crippen molar-refractivity contribution in [1.29, 1.82) is 0 Å². The molecule has 2 rings (SSSR count). The molecule has 0 aliphatic heterocycles. The molecule has 2 nitrogen and oxygen atoms in total.